The maximum Gasteiger partial charge on any atom is 0.406 e. The van der Waals surface area contributed by atoms with Crippen molar-refractivity contribution in [1.82, 2.24) is 10.2 Å². The maximum absolute atomic E-state index is 14.6. The van der Waals surface area contributed by atoms with Crippen molar-refractivity contribution in [1.29, 1.82) is 0 Å². The molecule has 0 aromatic heterocycles. The van der Waals surface area contributed by atoms with Gasteiger partial charge in [-0.05, 0) is 107 Å². The SMILES string of the molecule is CNC(=O)OCCOC1C[C@@H]2CC[C@@H](C)[C@@](O)(O2)C(=O)C(=O)N2CCCC[C@H]2C(=O)O[C@H]([C@H](C)C[C@@H]2CC[C@@H](OCCO)[C@H](OC)C2)CC(=O)[C@H](C)/C=C(\C)[C@@H](O)[C@@H](OC)C(=O)[C@H](C)C[C@H](C)/C=C/C=CC=C1C. The van der Waals surface area contributed by atoms with Gasteiger partial charge in [0.2, 0.25) is 5.79 Å². The summed E-state index contributed by atoms with van der Waals surface area (Å²) in [6.45, 7) is 12.6. The van der Waals surface area contributed by atoms with E-state index in [-0.39, 0.29) is 93.8 Å². The highest BCUT2D eigenvalue weighted by molar-refractivity contribution is 6.39. The molecule has 3 heterocycles. The van der Waals surface area contributed by atoms with Crippen LogP contribution in [0.15, 0.2) is 47.6 Å². The molecule has 0 aromatic rings. The molecule has 0 aromatic carbocycles. The predicted octanol–water partition coefficient (Wildman–Crippen LogP) is 5.92. The van der Waals surface area contributed by atoms with Gasteiger partial charge in [0.25, 0.3) is 11.7 Å². The molecular formula is C56H88N2O16. The van der Waals surface area contributed by atoms with Crippen molar-refractivity contribution in [2.45, 2.75) is 180 Å². The number of rotatable bonds is 12. The van der Waals surface area contributed by atoms with E-state index >= 15 is 0 Å². The number of fused-ring (bicyclic) bond motifs is 3. The van der Waals surface area contributed by atoms with Gasteiger partial charge in [-0.3, -0.25) is 19.2 Å². The lowest BCUT2D eigenvalue weighted by atomic mass is 9.78. The molecule has 1 saturated carbocycles. The number of carbonyl (C=O) groups is 6. The third-order valence-electron chi connectivity index (χ3n) is 15.4. The van der Waals surface area contributed by atoms with E-state index in [1.807, 2.05) is 51.2 Å². The fraction of sp³-hybridized carbons (Fsp3) is 0.750. The third kappa shape index (κ3) is 17.7. The summed E-state index contributed by atoms with van der Waals surface area (Å²) in [6.07, 6.45) is 10.2. The molecule has 18 nitrogen and oxygen atoms in total. The summed E-state index contributed by atoms with van der Waals surface area (Å²) >= 11 is 0. The summed E-state index contributed by atoms with van der Waals surface area (Å²) in [7, 11) is 4.43. The molecule has 2 bridgehead atoms. The van der Waals surface area contributed by atoms with Gasteiger partial charge in [-0.1, -0.05) is 71.1 Å². The third-order valence-corrected chi connectivity index (χ3v) is 15.4. The first-order valence-corrected chi connectivity index (χ1v) is 26.8. The number of aliphatic hydroxyl groups is 3. The van der Waals surface area contributed by atoms with Crippen LogP contribution in [0.25, 0.3) is 0 Å². The lowest BCUT2D eigenvalue weighted by Gasteiger charge is -2.43. The Bertz CT molecular complexity index is 1990. The van der Waals surface area contributed by atoms with Crippen LogP contribution in [-0.4, -0.2) is 164 Å². The van der Waals surface area contributed by atoms with E-state index in [0.29, 0.717) is 56.9 Å². The molecule has 4 rings (SSSR count). The Morgan fingerprint density at radius 1 is 0.878 bits per heavy atom. The number of ketones is 3. The van der Waals surface area contributed by atoms with Gasteiger partial charge in [-0.15, -0.1) is 0 Å². The van der Waals surface area contributed by atoms with Gasteiger partial charge in [0.15, 0.2) is 5.78 Å². The number of carbonyl (C=O) groups excluding carboxylic acids is 6. The molecular weight excluding hydrogens is 957 g/mol. The van der Waals surface area contributed by atoms with Crippen LogP contribution in [0.1, 0.15) is 126 Å². The molecule has 15 atom stereocenters. The van der Waals surface area contributed by atoms with Gasteiger partial charge < -0.3 is 58.7 Å². The number of aliphatic hydroxyl groups excluding tert-OH is 2. The summed E-state index contributed by atoms with van der Waals surface area (Å²) in [5.74, 6) is -8.46. The fourth-order valence-corrected chi connectivity index (χ4v) is 10.8. The number of nitrogens with zero attached hydrogens (tertiary/aromatic N) is 1. The van der Waals surface area contributed by atoms with E-state index < -0.39 is 83.9 Å². The number of methoxy groups -OCH3 is 2. The molecule has 2 saturated heterocycles. The minimum Gasteiger partial charge on any atom is -0.460 e. The van der Waals surface area contributed by atoms with Gasteiger partial charge in [-0.2, -0.15) is 0 Å². The normalized spacial score (nSPS) is 35.7. The zero-order valence-corrected chi connectivity index (χ0v) is 45.7. The molecule has 0 radical (unpaired) electrons. The molecule has 1 aliphatic carbocycles. The molecule has 0 spiro atoms. The number of ether oxygens (including phenoxy) is 7. The second-order valence-corrected chi connectivity index (χ2v) is 21.2. The van der Waals surface area contributed by atoms with Crippen LogP contribution < -0.4 is 5.32 Å². The molecule has 74 heavy (non-hydrogen) atoms. The molecule has 3 fully saturated rings. The number of allylic oxidation sites excluding steroid dienone is 6. The number of piperidine rings is 1. The van der Waals surface area contributed by atoms with Crippen LogP contribution in [0, 0.1) is 35.5 Å². The lowest BCUT2D eigenvalue weighted by Crippen LogP contribution is -2.61. The van der Waals surface area contributed by atoms with Crippen LogP contribution >= 0.6 is 0 Å². The van der Waals surface area contributed by atoms with Gasteiger partial charge in [0.1, 0.15) is 36.7 Å². The second-order valence-electron chi connectivity index (χ2n) is 21.2. The summed E-state index contributed by atoms with van der Waals surface area (Å²) < 4.78 is 41.2. The minimum atomic E-state index is -2.52. The minimum absolute atomic E-state index is 0.0268. The first kappa shape index (κ1) is 62.4. The average molecular weight is 1050 g/mol. The van der Waals surface area contributed by atoms with Crippen LogP contribution in [-0.2, 0) is 57.1 Å². The van der Waals surface area contributed by atoms with Crippen molar-refractivity contribution in [2.24, 2.45) is 35.5 Å². The number of cyclic esters (lactones) is 1. The smallest absolute Gasteiger partial charge is 0.406 e. The fourth-order valence-electron chi connectivity index (χ4n) is 10.8. The van der Waals surface area contributed by atoms with E-state index in [1.54, 1.807) is 40.9 Å². The predicted molar refractivity (Wildman–Crippen MR) is 275 cm³/mol. The number of hydrogen-bond donors (Lipinski definition) is 4. The number of esters is 1. The molecule has 2 amide bonds. The first-order valence-electron chi connectivity index (χ1n) is 26.8. The number of amides is 2. The highest BCUT2D eigenvalue weighted by Crippen LogP contribution is 2.38. The Balaban J connectivity index is 1.71. The number of hydrogen-bond acceptors (Lipinski definition) is 16. The Kier molecular flexibility index (Phi) is 25.8. The van der Waals surface area contributed by atoms with Crippen molar-refractivity contribution in [3.8, 4) is 0 Å². The molecule has 1 unspecified atom stereocenters. The van der Waals surface area contributed by atoms with Crippen molar-refractivity contribution < 1.29 is 77.2 Å². The van der Waals surface area contributed by atoms with Crippen molar-refractivity contribution in [3.05, 3.63) is 47.6 Å². The van der Waals surface area contributed by atoms with Crippen molar-refractivity contribution in [3.63, 3.8) is 0 Å². The Morgan fingerprint density at radius 2 is 1.62 bits per heavy atom. The highest BCUT2D eigenvalue weighted by Gasteiger charge is 2.53. The number of alkyl carbamates (subject to hydrolysis) is 1. The second kappa shape index (κ2) is 30.6. The van der Waals surface area contributed by atoms with Crippen molar-refractivity contribution in [2.75, 3.05) is 54.2 Å². The van der Waals surface area contributed by atoms with Crippen molar-refractivity contribution >= 4 is 35.3 Å². The molecule has 418 valence electrons. The average Bonchev–Trinajstić information content (AvgIpc) is 3.38. The maximum atomic E-state index is 14.6. The van der Waals surface area contributed by atoms with Gasteiger partial charge in [0, 0.05) is 58.4 Å². The van der Waals surface area contributed by atoms with Crippen LogP contribution in [0.3, 0.4) is 0 Å². The molecule has 4 aliphatic rings. The van der Waals surface area contributed by atoms with E-state index in [1.165, 1.54) is 19.1 Å². The van der Waals surface area contributed by atoms with Crippen LogP contribution in [0.4, 0.5) is 4.79 Å². The summed E-state index contributed by atoms with van der Waals surface area (Å²) in [5.41, 5.74) is 1.13. The molecule has 4 N–H and O–H groups in total. The largest absolute Gasteiger partial charge is 0.460 e. The van der Waals surface area contributed by atoms with E-state index in [2.05, 4.69) is 5.32 Å². The summed E-state index contributed by atoms with van der Waals surface area (Å²) in [4.78, 5) is 84.4. The Hall–Kier alpha value is -4.14. The topological polar surface area (TPSA) is 243 Å². The zero-order chi connectivity index (χ0) is 54.7. The summed E-state index contributed by atoms with van der Waals surface area (Å²) in [6, 6.07) is -1.19. The number of nitrogens with one attached hydrogen (secondary N) is 1. The van der Waals surface area contributed by atoms with E-state index in [9.17, 15) is 44.1 Å². The monoisotopic (exact) mass is 1040 g/mol. The first-order chi connectivity index (χ1) is 35.2. The number of Topliss-reactive ketones (excluding diaryl/α,β-unsaturated/α-hetero) is 3. The van der Waals surface area contributed by atoms with Crippen LogP contribution in [0.5, 0.6) is 0 Å². The molecule has 18 heteroatoms. The quantitative estimate of drug-likeness (QED) is 0.0767. The van der Waals surface area contributed by atoms with Gasteiger partial charge >= 0.3 is 12.1 Å². The Morgan fingerprint density at radius 3 is 2.31 bits per heavy atom. The summed E-state index contributed by atoms with van der Waals surface area (Å²) in [5, 5.41) is 35.4. The van der Waals surface area contributed by atoms with E-state index in [4.69, 9.17) is 33.2 Å². The van der Waals surface area contributed by atoms with Gasteiger partial charge in [0.05, 0.1) is 44.2 Å². The van der Waals surface area contributed by atoms with Gasteiger partial charge in [-0.25, -0.2) is 9.59 Å². The Labute approximate surface area is 438 Å². The standard InChI is InChI=1S/C56H88N2O16/c1-34-16-12-11-13-17-35(2)46(71-26-27-72-55(66)57-8)32-42-21-19-40(7)56(67,74-42)52(63)53(64)58-23-15-14-18-43(58)54(65)73-47(37(4)30-41-20-22-45(70-25-24-59)48(31-41)68-9)33-44(60)36(3)29-39(6)50(62)51(69-10)49(61)38(5)28-34/h11-13,16-17,29,34,36-38,40-43,45-48,50-51,59,62,67H,14-15,18-28,30-33H2,1-10H3,(H,57,66)/b13-11?,16-12+,35-17?,39-29+/t34-,36-,37-,38-,40-,41+,42+,43+,45-,46?,47+,48-,50-,51+,56-/m1/s1. The highest BCUT2D eigenvalue weighted by atomic mass is 16.6. The zero-order valence-electron chi connectivity index (χ0n) is 45.7. The lowest BCUT2D eigenvalue weighted by molar-refractivity contribution is -0.266. The van der Waals surface area contributed by atoms with Crippen LogP contribution in [0.2, 0.25) is 0 Å². The molecule has 3 aliphatic heterocycles. The van der Waals surface area contributed by atoms with E-state index in [0.717, 1.165) is 12.0 Å².